The van der Waals surface area contributed by atoms with Crippen LogP contribution in [0.4, 0.5) is 4.79 Å². The Bertz CT molecular complexity index is 130. The molecule has 0 spiro atoms. The van der Waals surface area contributed by atoms with Crippen molar-refractivity contribution >= 4 is 23.6 Å². The standard InChI is InChI=1S/C6H10O4S/c1-3-8-5(7)10-6(11)9-4-2/h3-4H2,1-2H3. The molecule has 5 heteroatoms. The van der Waals surface area contributed by atoms with E-state index in [-0.39, 0.29) is 11.8 Å². The van der Waals surface area contributed by atoms with E-state index in [0.717, 1.165) is 0 Å². The Labute approximate surface area is 70.4 Å². The molecule has 0 saturated heterocycles. The second-order valence-electron chi connectivity index (χ2n) is 1.47. The Morgan fingerprint density at radius 2 is 1.82 bits per heavy atom. The van der Waals surface area contributed by atoms with Crippen LogP contribution < -0.4 is 0 Å². The monoisotopic (exact) mass is 178 g/mol. The molecule has 0 aromatic heterocycles. The summed E-state index contributed by atoms with van der Waals surface area (Å²) in [5, 5.41) is -0.203. The zero-order valence-corrected chi connectivity index (χ0v) is 7.27. The molecule has 0 rings (SSSR count). The molecule has 11 heavy (non-hydrogen) atoms. The molecule has 0 aromatic rings. The Hall–Kier alpha value is -0.840. The van der Waals surface area contributed by atoms with E-state index in [1.165, 1.54) is 0 Å². The molecule has 0 radical (unpaired) electrons. The molecule has 0 aromatic carbocycles. The second-order valence-corrected chi connectivity index (χ2v) is 1.80. The zero-order valence-electron chi connectivity index (χ0n) is 6.46. The maximum absolute atomic E-state index is 10.5. The van der Waals surface area contributed by atoms with E-state index < -0.39 is 6.16 Å². The van der Waals surface area contributed by atoms with Gasteiger partial charge >= 0.3 is 11.4 Å². The summed E-state index contributed by atoms with van der Waals surface area (Å²) in [4.78, 5) is 10.5. The van der Waals surface area contributed by atoms with Gasteiger partial charge in [-0.25, -0.2) is 4.79 Å². The summed E-state index contributed by atoms with van der Waals surface area (Å²) in [5.74, 6) is 0. The molecule has 0 heterocycles. The number of rotatable bonds is 2. The van der Waals surface area contributed by atoms with Gasteiger partial charge in [0.05, 0.1) is 13.2 Å². The minimum absolute atomic E-state index is 0.203. The van der Waals surface area contributed by atoms with Crippen LogP contribution in [0.5, 0.6) is 0 Å². The molecule has 0 atom stereocenters. The van der Waals surface area contributed by atoms with Crippen molar-refractivity contribution in [1.82, 2.24) is 0 Å². The van der Waals surface area contributed by atoms with Crippen LogP contribution in [0, 0.1) is 0 Å². The van der Waals surface area contributed by atoms with Gasteiger partial charge in [-0.1, -0.05) is 0 Å². The van der Waals surface area contributed by atoms with Crippen molar-refractivity contribution in [3.8, 4) is 0 Å². The molecule has 0 aliphatic rings. The number of ether oxygens (including phenoxy) is 3. The SMILES string of the molecule is CCOC(=O)OC(=S)OCC. The van der Waals surface area contributed by atoms with E-state index in [9.17, 15) is 4.79 Å². The van der Waals surface area contributed by atoms with Crippen LogP contribution in [-0.2, 0) is 14.2 Å². The van der Waals surface area contributed by atoms with E-state index >= 15 is 0 Å². The summed E-state index contributed by atoms with van der Waals surface area (Å²) >= 11 is 4.50. The van der Waals surface area contributed by atoms with Gasteiger partial charge in [0.25, 0.3) is 0 Å². The van der Waals surface area contributed by atoms with Gasteiger partial charge < -0.3 is 14.2 Å². The minimum atomic E-state index is -0.828. The van der Waals surface area contributed by atoms with Gasteiger partial charge in [-0.3, -0.25) is 0 Å². The average molecular weight is 178 g/mol. The van der Waals surface area contributed by atoms with Crippen LogP contribution in [0.1, 0.15) is 13.8 Å². The van der Waals surface area contributed by atoms with E-state index in [1.807, 2.05) is 0 Å². The average Bonchev–Trinajstić information content (AvgIpc) is 1.87. The molecule has 0 aliphatic heterocycles. The highest BCUT2D eigenvalue weighted by molar-refractivity contribution is 7.79. The highest BCUT2D eigenvalue weighted by atomic mass is 32.1. The molecule has 0 unspecified atom stereocenters. The van der Waals surface area contributed by atoms with Crippen LogP contribution in [-0.4, -0.2) is 24.6 Å². The summed E-state index contributed by atoms with van der Waals surface area (Å²) < 4.78 is 13.5. The lowest BCUT2D eigenvalue weighted by Crippen LogP contribution is -2.14. The number of carbonyl (C=O) groups excluding carboxylic acids is 1. The Morgan fingerprint density at radius 3 is 2.27 bits per heavy atom. The highest BCUT2D eigenvalue weighted by Gasteiger charge is 2.06. The first-order valence-corrected chi connectivity index (χ1v) is 3.62. The Kier molecular flexibility index (Phi) is 5.46. The third-order valence-electron chi connectivity index (χ3n) is 0.691. The summed E-state index contributed by atoms with van der Waals surface area (Å²) in [5.41, 5.74) is 0. The smallest absolute Gasteiger partial charge is 0.457 e. The van der Waals surface area contributed by atoms with Crippen LogP contribution in [0.2, 0.25) is 0 Å². The quantitative estimate of drug-likeness (QED) is 0.473. The van der Waals surface area contributed by atoms with Crippen LogP contribution >= 0.6 is 12.2 Å². The topological polar surface area (TPSA) is 44.8 Å². The van der Waals surface area contributed by atoms with Gasteiger partial charge in [-0.2, -0.15) is 0 Å². The molecule has 0 saturated carbocycles. The molecular formula is C6H10O4S. The third kappa shape index (κ3) is 5.60. The zero-order chi connectivity index (χ0) is 8.69. The lowest BCUT2D eigenvalue weighted by Gasteiger charge is -2.03. The van der Waals surface area contributed by atoms with Crippen molar-refractivity contribution in [3.05, 3.63) is 0 Å². The largest absolute Gasteiger partial charge is 0.516 e. The maximum Gasteiger partial charge on any atom is 0.516 e. The van der Waals surface area contributed by atoms with E-state index in [0.29, 0.717) is 6.61 Å². The van der Waals surface area contributed by atoms with Crippen molar-refractivity contribution in [2.24, 2.45) is 0 Å². The fourth-order valence-electron chi connectivity index (χ4n) is 0.363. The maximum atomic E-state index is 10.5. The van der Waals surface area contributed by atoms with Gasteiger partial charge in [0.1, 0.15) is 0 Å². The summed E-state index contributed by atoms with van der Waals surface area (Å²) in [6.07, 6.45) is -0.828. The van der Waals surface area contributed by atoms with Gasteiger partial charge in [-0.15, -0.1) is 0 Å². The van der Waals surface area contributed by atoms with E-state index in [2.05, 4.69) is 26.4 Å². The Morgan fingerprint density at radius 1 is 1.27 bits per heavy atom. The molecule has 0 bridgehead atoms. The predicted molar refractivity (Wildman–Crippen MR) is 42.3 cm³/mol. The molecular weight excluding hydrogens is 168 g/mol. The number of thiocarbonyl (C=S) groups is 1. The minimum Gasteiger partial charge on any atom is -0.457 e. The molecule has 4 nitrogen and oxygen atoms in total. The third-order valence-corrected chi connectivity index (χ3v) is 0.892. The van der Waals surface area contributed by atoms with Crippen LogP contribution in [0.25, 0.3) is 0 Å². The van der Waals surface area contributed by atoms with Gasteiger partial charge in [0.2, 0.25) is 0 Å². The van der Waals surface area contributed by atoms with Crippen LogP contribution in [0.3, 0.4) is 0 Å². The lowest BCUT2D eigenvalue weighted by molar-refractivity contribution is 0.0862. The first-order valence-electron chi connectivity index (χ1n) is 3.22. The fourth-order valence-corrected chi connectivity index (χ4v) is 0.549. The summed E-state index contributed by atoms with van der Waals surface area (Å²) in [6.45, 7) is 4.04. The molecule has 0 N–H and O–H groups in total. The predicted octanol–water partition coefficient (Wildman–Crippen LogP) is 1.48. The van der Waals surface area contributed by atoms with Crippen LogP contribution in [0.15, 0.2) is 0 Å². The molecule has 64 valence electrons. The second kappa shape index (κ2) is 5.91. The molecule has 0 aliphatic carbocycles. The fraction of sp³-hybridized carbons (Fsp3) is 0.667. The first-order chi connectivity index (χ1) is 5.20. The number of hydrogen-bond donors (Lipinski definition) is 0. The highest BCUT2D eigenvalue weighted by Crippen LogP contribution is 1.90. The molecule has 0 amide bonds. The van der Waals surface area contributed by atoms with Crippen molar-refractivity contribution in [1.29, 1.82) is 0 Å². The van der Waals surface area contributed by atoms with Crippen molar-refractivity contribution in [2.75, 3.05) is 13.2 Å². The van der Waals surface area contributed by atoms with E-state index in [1.54, 1.807) is 13.8 Å². The van der Waals surface area contributed by atoms with E-state index in [4.69, 9.17) is 0 Å². The molecule has 0 fully saturated rings. The number of hydrogen-bond acceptors (Lipinski definition) is 5. The summed E-state index contributed by atoms with van der Waals surface area (Å²) in [7, 11) is 0. The lowest BCUT2D eigenvalue weighted by atomic mass is 10.9. The normalized spacial score (nSPS) is 8.55. The van der Waals surface area contributed by atoms with Crippen molar-refractivity contribution in [3.63, 3.8) is 0 Å². The van der Waals surface area contributed by atoms with Crippen molar-refractivity contribution in [2.45, 2.75) is 13.8 Å². The van der Waals surface area contributed by atoms with Crippen molar-refractivity contribution < 1.29 is 19.0 Å². The van der Waals surface area contributed by atoms with Gasteiger partial charge in [-0.05, 0) is 13.8 Å². The van der Waals surface area contributed by atoms with Gasteiger partial charge in [0, 0.05) is 12.2 Å². The first kappa shape index (κ1) is 10.2. The summed E-state index contributed by atoms with van der Waals surface area (Å²) in [6, 6.07) is 0. The number of carbonyl (C=O) groups is 1. The Balaban J connectivity index is 3.49. The van der Waals surface area contributed by atoms with Gasteiger partial charge in [0.15, 0.2) is 0 Å².